The molecule has 2 aliphatic heterocycles. The summed E-state index contributed by atoms with van der Waals surface area (Å²) in [6.45, 7) is 5.14. The minimum atomic E-state index is -0.806. The average Bonchev–Trinajstić information content (AvgIpc) is 3.03. The number of aryl methyl sites for hydroxylation is 2. The molecule has 1 fully saturated rings. The summed E-state index contributed by atoms with van der Waals surface area (Å²) in [5, 5.41) is 9.05. The average molecular weight is 374 g/mol. The third-order valence-electron chi connectivity index (χ3n) is 5.65. The van der Waals surface area contributed by atoms with Crippen LogP contribution in [0.1, 0.15) is 35.4 Å². The van der Waals surface area contributed by atoms with E-state index in [1.807, 2.05) is 26.0 Å². The predicted molar refractivity (Wildman–Crippen MR) is 98.7 cm³/mol. The molecule has 7 heteroatoms. The standard InChI is InChI=1S/C20H26N2O5/c1-12-8-15-16(11-27-17(15)9-13(12)2)19(24)21(3)10-18(23)22-6-4-14(5-7-22)20(25)26/h8-9,14,16H,4-7,10-11H2,1-3H3,(H,25,26). The molecular formula is C20H26N2O5. The van der Waals surface area contributed by atoms with E-state index in [2.05, 4.69) is 0 Å². The normalized spacial score (nSPS) is 19.4. The lowest BCUT2D eigenvalue weighted by Gasteiger charge is -2.31. The fraction of sp³-hybridized carbons (Fsp3) is 0.550. The van der Waals surface area contributed by atoms with E-state index >= 15 is 0 Å². The summed E-state index contributed by atoms with van der Waals surface area (Å²) < 4.78 is 5.68. The lowest BCUT2D eigenvalue weighted by atomic mass is 9.96. The highest BCUT2D eigenvalue weighted by Gasteiger charge is 2.34. The number of carboxylic acids is 1. The van der Waals surface area contributed by atoms with Crippen molar-refractivity contribution in [1.29, 1.82) is 0 Å². The molecule has 1 N–H and O–H groups in total. The number of nitrogens with zero attached hydrogens (tertiary/aromatic N) is 2. The van der Waals surface area contributed by atoms with E-state index in [4.69, 9.17) is 9.84 Å². The fourth-order valence-corrected chi connectivity index (χ4v) is 3.70. The number of carbonyl (C=O) groups is 3. The molecule has 0 aromatic heterocycles. The number of amides is 2. The van der Waals surface area contributed by atoms with Gasteiger partial charge < -0.3 is 19.6 Å². The quantitative estimate of drug-likeness (QED) is 0.864. The molecule has 2 aliphatic rings. The molecule has 0 saturated carbocycles. The van der Waals surface area contributed by atoms with Crippen LogP contribution in [0, 0.1) is 19.8 Å². The number of likely N-dealkylation sites (N-methyl/N-ethyl adjacent to an activating group) is 1. The Hall–Kier alpha value is -2.57. The Morgan fingerprint density at radius 2 is 1.81 bits per heavy atom. The number of rotatable bonds is 4. The maximum Gasteiger partial charge on any atom is 0.306 e. The lowest BCUT2D eigenvalue weighted by Crippen LogP contribution is -2.46. The van der Waals surface area contributed by atoms with Gasteiger partial charge in [0.15, 0.2) is 0 Å². The van der Waals surface area contributed by atoms with Gasteiger partial charge in [0.2, 0.25) is 11.8 Å². The lowest BCUT2D eigenvalue weighted by molar-refractivity contribution is -0.146. The predicted octanol–water partition coefficient (Wildman–Crippen LogP) is 1.56. The maximum atomic E-state index is 12.9. The Balaban J connectivity index is 1.60. The van der Waals surface area contributed by atoms with Crippen LogP contribution in [0.25, 0.3) is 0 Å². The Morgan fingerprint density at radius 3 is 2.44 bits per heavy atom. The molecular weight excluding hydrogens is 348 g/mol. The largest absolute Gasteiger partial charge is 0.492 e. The van der Waals surface area contributed by atoms with Crippen LogP contribution in [0.15, 0.2) is 12.1 Å². The highest BCUT2D eigenvalue weighted by molar-refractivity contribution is 5.89. The minimum Gasteiger partial charge on any atom is -0.492 e. The van der Waals surface area contributed by atoms with Gasteiger partial charge in [-0.3, -0.25) is 14.4 Å². The summed E-state index contributed by atoms with van der Waals surface area (Å²) in [6, 6.07) is 3.95. The van der Waals surface area contributed by atoms with E-state index in [-0.39, 0.29) is 24.3 Å². The molecule has 2 heterocycles. The van der Waals surface area contributed by atoms with Crippen LogP contribution >= 0.6 is 0 Å². The molecule has 27 heavy (non-hydrogen) atoms. The van der Waals surface area contributed by atoms with Gasteiger partial charge in [0.05, 0.1) is 12.5 Å². The zero-order chi connectivity index (χ0) is 19.7. The number of likely N-dealkylation sites (tertiary alicyclic amines) is 1. The van der Waals surface area contributed by atoms with Crippen molar-refractivity contribution in [3.63, 3.8) is 0 Å². The number of hydrogen-bond donors (Lipinski definition) is 1. The molecule has 0 radical (unpaired) electrons. The van der Waals surface area contributed by atoms with E-state index in [0.717, 1.165) is 22.4 Å². The van der Waals surface area contributed by atoms with Gasteiger partial charge in [-0.2, -0.15) is 0 Å². The van der Waals surface area contributed by atoms with Crippen LogP contribution < -0.4 is 4.74 Å². The van der Waals surface area contributed by atoms with Gasteiger partial charge in [-0.25, -0.2) is 0 Å². The second kappa shape index (κ2) is 7.58. The summed E-state index contributed by atoms with van der Waals surface area (Å²) >= 11 is 0. The molecule has 0 spiro atoms. The molecule has 3 rings (SSSR count). The van der Waals surface area contributed by atoms with Gasteiger partial charge in [-0.05, 0) is 43.9 Å². The van der Waals surface area contributed by atoms with Crippen LogP contribution in [0.4, 0.5) is 0 Å². The van der Waals surface area contributed by atoms with Gasteiger partial charge in [0.1, 0.15) is 18.3 Å². The molecule has 146 valence electrons. The van der Waals surface area contributed by atoms with Crippen LogP contribution in [0.2, 0.25) is 0 Å². The number of benzene rings is 1. The van der Waals surface area contributed by atoms with Gasteiger partial charge in [-0.1, -0.05) is 6.07 Å². The first kappa shape index (κ1) is 19.2. The number of fused-ring (bicyclic) bond motifs is 1. The summed E-state index contributed by atoms with van der Waals surface area (Å²) in [5.74, 6) is -1.12. The van der Waals surface area contributed by atoms with E-state index in [1.54, 1.807) is 11.9 Å². The van der Waals surface area contributed by atoms with E-state index in [9.17, 15) is 14.4 Å². The Labute approximate surface area is 158 Å². The Morgan fingerprint density at radius 1 is 1.19 bits per heavy atom. The van der Waals surface area contributed by atoms with Crippen LogP contribution in [-0.4, -0.2) is 66.0 Å². The third kappa shape index (κ3) is 3.91. The maximum absolute atomic E-state index is 12.9. The molecule has 1 aromatic carbocycles. The molecule has 1 aromatic rings. The minimum absolute atomic E-state index is 0.00670. The number of carbonyl (C=O) groups excluding carboxylic acids is 2. The second-order valence-electron chi connectivity index (χ2n) is 7.53. The Kier molecular flexibility index (Phi) is 5.39. The molecule has 1 unspecified atom stereocenters. The topological polar surface area (TPSA) is 87.2 Å². The van der Waals surface area contributed by atoms with Crippen molar-refractivity contribution in [3.05, 3.63) is 28.8 Å². The van der Waals surface area contributed by atoms with Crippen molar-refractivity contribution in [1.82, 2.24) is 9.80 Å². The molecule has 0 aliphatic carbocycles. The van der Waals surface area contributed by atoms with Crippen LogP contribution in [-0.2, 0) is 14.4 Å². The van der Waals surface area contributed by atoms with E-state index in [1.165, 1.54) is 4.90 Å². The second-order valence-corrected chi connectivity index (χ2v) is 7.53. The first-order valence-corrected chi connectivity index (χ1v) is 9.27. The first-order valence-electron chi connectivity index (χ1n) is 9.27. The molecule has 2 amide bonds. The van der Waals surface area contributed by atoms with Crippen molar-refractivity contribution in [2.45, 2.75) is 32.6 Å². The van der Waals surface area contributed by atoms with Crippen LogP contribution in [0.5, 0.6) is 5.75 Å². The first-order chi connectivity index (χ1) is 12.8. The summed E-state index contributed by atoms with van der Waals surface area (Å²) in [5.41, 5.74) is 3.11. The van der Waals surface area contributed by atoms with Gasteiger partial charge >= 0.3 is 5.97 Å². The van der Waals surface area contributed by atoms with Crippen molar-refractivity contribution >= 4 is 17.8 Å². The van der Waals surface area contributed by atoms with Crippen molar-refractivity contribution < 1.29 is 24.2 Å². The Bertz CT molecular complexity index is 768. The number of aliphatic carboxylic acids is 1. The summed E-state index contributed by atoms with van der Waals surface area (Å²) in [7, 11) is 1.63. The number of hydrogen-bond acceptors (Lipinski definition) is 4. The number of carboxylic acid groups (broad SMARTS) is 1. The number of piperidine rings is 1. The van der Waals surface area contributed by atoms with E-state index < -0.39 is 11.9 Å². The van der Waals surface area contributed by atoms with Gasteiger partial charge in [0, 0.05) is 25.7 Å². The molecule has 1 atom stereocenters. The highest BCUT2D eigenvalue weighted by Crippen LogP contribution is 2.36. The SMILES string of the molecule is Cc1cc2c(cc1C)C(C(=O)N(C)CC(=O)N1CCC(C(=O)O)CC1)CO2. The van der Waals surface area contributed by atoms with Crippen molar-refractivity contribution in [2.24, 2.45) is 5.92 Å². The monoisotopic (exact) mass is 374 g/mol. The smallest absolute Gasteiger partial charge is 0.306 e. The molecule has 0 bridgehead atoms. The fourth-order valence-electron chi connectivity index (χ4n) is 3.70. The zero-order valence-corrected chi connectivity index (χ0v) is 16.0. The number of ether oxygens (including phenoxy) is 1. The zero-order valence-electron chi connectivity index (χ0n) is 16.0. The molecule has 1 saturated heterocycles. The van der Waals surface area contributed by atoms with Crippen molar-refractivity contribution in [2.75, 3.05) is 33.3 Å². The van der Waals surface area contributed by atoms with Gasteiger partial charge in [-0.15, -0.1) is 0 Å². The summed E-state index contributed by atoms with van der Waals surface area (Å²) in [6.07, 6.45) is 0.919. The van der Waals surface area contributed by atoms with Crippen LogP contribution in [0.3, 0.4) is 0 Å². The summed E-state index contributed by atoms with van der Waals surface area (Å²) in [4.78, 5) is 39.5. The van der Waals surface area contributed by atoms with E-state index in [0.29, 0.717) is 32.5 Å². The molecule has 7 nitrogen and oxygen atoms in total. The third-order valence-corrected chi connectivity index (χ3v) is 5.65. The highest BCUT2D eigenvalue weighted by atomic mass is 16.5. The van der Waals surface area contributed by atoms with Gasteiger partial charge in [0.25, 0.3) is 0 Å². The van der Waals surface area contributed by atoms with Crippen molar-refractivity contribution in [3.8, 4) is 5.75 Å².